The van der Waals surface area contributed by atoms with Crippen molar-refractivity contribution in [1.29, 1.82) is 0 Å². The van der Waals surface area contributed by atoms with Crippen molar-refractivity contribution in [2.24, 2.45) is 0 Å². The molecule has 3 aromatic rings. The molecular weight excluding hydrogens is 347 g/mol. The third-order valence-electron chi connectivity index (χ3n) is 3.76. The monoisotopic (exact) mass is 364 g/mol. The van der Waals surface area contributed by atoms with Gasteiger partial charge in [0.15, 0.2) is 0 Å². The van der Waals surface area contributed by atoms with Crippen LogP contribution < -0.4 is 10.6 Å². The molecule has 0 unspecified atom stereocenters. The topological polar surface area (TPSA) is 84.0 Å². The molecule has 0 aliphatic carbocycles. The number of pyridine rings is 2. The van der Waals surface area contributed by atoms with Crippen molar-refractivity contribution >= 4 is 11.8 Å². The van der Waals surface area contributed by atoms with Gasteiger partial charge in [0.25, 0.3) is 11.8 Å². The fourth-order valence-electron chi connectivity index (χ4n) is 2.34. The smallest absolute Gasteiger partial charge is 0.270 e. The maximum absolute atomic E-state index is 12.9. The van der Waals surface area contributed by atoms with Crippen LogP contribution in [0.5, 0.6) is 0 Å². The van der Waals surface area contributed by atoms with Crippen LogP contribution in [-0.4, -0.2) is 21.8 Å². The van der Waals surface area contributed by atoms with Gasteiger partial charge in [-0.3, -0.25) is 14.6 Å². The highest BCUT2D eigenvalue weighted by atomic mass is 19.1. The van der Waals surface area contributed by atoms with Crippen LogP contribution in [0.2, 0.25) is 0 Å². The fraction of sp³-hybridized carbons (Fsp3) is 0.100. The van der Waals surface area contributed by atoms with Gasteiger partial charge in [-0.2, -0.15) is 0 Å². The molecule has 2 heterocycles. The summed E-state index contributed by atoms with van der Waals surface area (Å²) in [4.78, 5) is 32.6. The molecule has 1 aromatic carbocycles. The lowest BCUT2D eigenvalue weighted by Crippen LogP contribution is -2.27. The third kappa shape index (κ3) is 5.18. The van der Waals surface area contributed by atoms with E-state index in [2.05, 4.69) is 20.6 Å². The zero-order chi connectivity index (χ0) is 19.1. The van der Waals surface area contributed by atoms with E-state index in [1.807, 2.05) is 6.07 Å². The zero-order valence-electron chi connectivity index (χ0n) is 14.4. The molecule has 0 fully saturated rings. The van der Waals surface area contributed by atoms with Gasteiger partial charge < -0.3 is 10.6 Å². The zero-order valence-corrected chi connectivity index (χ0v) is 14.4. The molecule has 3 rings (SSSR count). The number of hydrogen-bond acceptors (Lipinski definition) is 4. The van der Waals surface area contributed by atoms with E-state index in [-0.39, 0.29) is 29.7 Å². The minimum atomic E-state index is -0.416. The summed E-state index contributed by atoms with van der Waals surface area (Å²) in [6.45, 7) is 0.549. The van der Waals surface area contributed by atoms with Crippen molar-refractivity contribution in [2.45, 2.75) is 13.1 Å². The van der Waals surface area contributed by atoms with E-state index in [9.17, 15) is 14.0 Å². The first-order valence-electron chi connectivity index (χ1n) is 8.28. The standard InChI is InChI=1S/C20H17FN4O2/c21-16-8-6-14(7-9-16)12-23-19(26)17-4-1-5-18(25-17)20(27)24-13-15-3-2-10-22-11-15/h1-11H,12-13H2,(H,23,26)(H,24,27). The average molecular weight is 364 g/mol. The molecule has 0 atom stereocenters. The Morgan fingerprint density at radius 3 is 2.04 bits per heavy atom. The second-order valence-electron chi connectivity index (χ2n) is 5.76. The molecule has 0 saturated heterocycles. The van der Waals surface area contributed by atoms with E-state index in [1.54, 1.807) is 36.7 Å². The number of halogens is 1. The van der Waals surface area contributed by atoms with Crippen LogP contribution in [0, 0.1) is 5.82 Å². The number of hydrogen-bond donors (Lipinski definition) is 2. The number of amides is 2. The molecule has 6 nitrogen and oxygen atoms in total. The normalized spacial score (nSPS) is 10.3. The van der Waals surface area contributed by atoms with E-state index in [4.69, 9.17) is 0 Å². The third-order valence-corrected chi connectivity index (χ3v) is 3.76. The Balaban J connectivity index is 1.59. The maximum atomic E-state index is 12.9. The van der Waals surface area contributed by atoms with Gasteiger partial charge in [-0.05, 0) is 41.5 Å². The summed E-state index contributed by atoms with van der Waals surface area (Å²) in [6.07, 6.45) is 3.31. The van der Waals surface area contributed by atoms with E-state index in [0.717, 1.165) is 11.1 Å². The number of carbonyl (C=O) groups excluding carboxylic acids is 2. The van der Waals surface area contributed by atoms with Gasteiger partial charge >= 0.3 is 0 Å². The summed E-state index contributed by atoms with van der Waals surface area (Å²) in [5.74, 6) is -1.13. The number of carbonyl (C=O) groups is 2. The van der Waals surface area contributed by atoms with Gasteiger partial charge in [0.05, 0.1) is 0 Å². The van der Waals surface area contributed by atoms with Crippen molar-refractivity contribution in [3.8, 4) is 0 Å². The highest BCUT2D eigenvalue weighted by molar-refractivity contribution is 5.96. The predicted octanol–water partition coefficient (Wildman–Crippen LogP) is 2.48. The highest BCUT2D eigenvalue weighted by Crippen LogP contribution is 2.04. The van der Waals surface area contributed by atoms with Crippen molar-refractivity contribution in [1.82, 2.24) is 20.6 Å². The lowest BCUT2D eigenvalue weighted by atomic mass is 10.2. The first-order chi connectivity index (χ1) is 13.1. The molecule has 136 valence electrons. The molecule has 0 spiro atoms. The molecule has 7 heteroatoms. The van der Waals surface area contributed by atoms with Crippen molar-refractivity contribution in [3.63, 3.8) is 0 Å². The Morgan fingerprint density at radius 1 is 0.815 bits per heavy atom. The second kappa shape index (κ2) is 8.66. The molecule has 0 aliphatic heterocycles. The van der Waals surface area contributed by atoms with E-state index < -0.39 is 5.91 Å². The first kappa shape index (κ1) is 18.2. The van der Waals surface area contributed by atoms with Crippen LogP contribution in [0.4, 0.5) is 4.39 Å². The van der Waals surface area contributed by atoms with E-state index >= 15 is 0 Å². The Labute approximate surface area is 155 Å². The van der Waals surface area contributed by atoms with Gasteiger partial charge in [-0.25, -0.2) is 9.37 Å². The Bertz CT molecular complexity index is 930. The molecule has 0 saturated carbocycles. The minimum absolute atomic E-state index is 0.131. The summed E-state index contributed by atoms with van der Waals surface area (Å²) in [6, 6.07) is 14.1. The van der Waals surface area contributed by atoms with Crippen LogP contribution in [0.25, 0.3) is 0 Å². The van der Waals surface area contributed by atoms with Crippen LogP contribution in [0.15, 0.2) is 67.0 Å². The highest BCUT2D eigenvalue weighted by Gasteiger charge is 2.12. The first-order valence-corrected chi connectivity index (χ1v) is 8.28. The van der Waals surface area contributed by atoms with Crippen molar-refractivity contribution in [2.75, 3.05) is 0 Å². The van der Waals surface area contributed by atoms with E-state index in [1.165, 1.54) is 24.3 Å². The summed E-state index contributed by atoms with van der Waals surface area (Å²) in [7, 11) is 0. The van der Waals surface area contributed by atoms with Crippen LogP contribution in [-0.2, 0) is 13.1 Å². The van der Waals surface area contributed by atoms with Crippen LogP contribution in [0.3, 0.4) is 0 Å². The lowest BCUT2D eigenvalue weighted by Gasteiger charge is -2.07. The summed E-state index contributed by atoms with van der Waals surface area (Å²) < 4.78 is 12.9. The Morgan fingerprint density at radius 2 is 1.44 bits per heavy atom. The molecule has 2 N–H and O–H groups in total. The van der Waals surface area contributed by atoms with Gasteiger partial charge in [-0.15, -0.1) is 0 Å². The average Bonchev–Trinajstić information content (AvgIpc) is 2.72. The van der Waals surface area contributed by atoms with Gasteiger partial charge in [0, 0.05) is 25.5 Å². The molecule has 0 aliphatic rings. The van der Waals surface area contributed by atoms with Crippen LogP contribution >= 0.6 is 0 Å². The van der Waals surface area contributed by atoms with Gasteiger partial charge in [0.1, 0.15) is 17.2 Å². The molecule has 0 bridgehead atoms. The van der Waals surface area contributed by atoms with Crippen LogP contribution in [0.1, 0.15) is 32.1 Å². The molecular formula is C20H17FN4O2. The quantitative estimate of drug-likeness (QED) is 0.704. The number of nitrogens with zero attached hydrogens (tertiary/aromatic N) is 2. The SMILES string of the molecule is O=C(NCc1ccc(F)cc1)c1cccc(C(=O)NCc2cccnc2)n1. The minimum Gasteiger partial charge on any atom is -0.347 e. The van der Waals surface area contributed by atoms with E-state index in [0.29, 0.717) is 6.54 Å². The molecule has 2 amide bonds. The van der Waals surface area contributed by atoms with Gasteiger partial charge in [-0.1, -0.05) is 24.3 Å². The molecule has 0 radical (unpaired) electrons. The Hall–Kier alpha value is -3.61. The summed E-state index contributed by atoms with van der Waals surface area (Å²) >= 11 is 0. The number of nitrogens with one attached hydrogen (secondary N) is 2. The van der Waals surface area contributed by atoms with Crippen molar-refractivity contribution in [3.05, 3.63) is 95.3 Å². The van der Waals surface area contributed by atoms with Gasteiger partial charge in [0.2, 0.25) is 0 Å². The maximum Gasteiger partial charge on any atom is 0.270 e. The number of rotatable bonds is 6. The van der Waals surface area contributed by atoms with Crippen molar-refractivity contribution < 1.29 is 14.0 Å². The fourth-order valence-corrected chi connectivity index (χ4v) is 2.34. The largest absolute Gasteiger partial charge is 0.347 e. The second-order valence-corrected chi connectivity index (χ2v) is 5.76. The molecule has 2 aromatic heterocycles. The Kier molecular flexibility index (Phi) is 5.84. The predicted molar refractivity (Wildman–Crippen MR) is 97.2 cm³/mol. The number of benzene rings is 1. The number of aromatic nitrogens is 2. The molecule has 27 heavy (non-hydrogen) atoms. The summed E-state index contributed by atoms with van der Waals surface area (Å²) in [5.41, 5.74) is 1.90. The summed E-state index contributed by atoms with van der Waals surface area (Å²) in [5, 5.41) is 5.43. The lowest BCUT2D eigenvalue weighted by molar-refractivity contribution is 0.0941.